The van der Waals surface area contributed by atoms with Crippen LogP contribution in [0.15, 0.2) is 0 Å². The number of carbonyl (C=O) groups excluding carboxylic acids is 3. The van der Waals surface area contributed by atoms with Gasteiger partial charge in [0.25, 0.3) is 0 Å². The molecule has 4 N–H and O–H groups in total. The molecule has 0 heterocycles. The predicted molar refractivity (Wildman–Crippen MR) is 86.1 cm³/mol. The summed E-state index contributed by atoms with van der Waals surface area (Å²) < 4.78 is 0. The minimum absolute atomic E-state index is 0.0166. The summed E-state index contributed by atoms with van der Waals surface area (Å²) in [5, 5.41) is 22.4. The van der Waals surface area contributed by atoms with Gasteiger partial charge in [0.05, 0.1) is 6.54 Å². The summed E-state index contributed by atoms with van der Waals surface area (Å²) in [5.74, 6) is -2.68. The van der Waals surface area contributed by atoms with Gasteiger partial charge >= 0.3 is 5.97 Å². The largest absolute Gasteiger partial charge is 0.479 e. The second-order valence-electron chi connectivity index (χ2n) is 6.09. The molecule has 132 valence electrons. The standard InChI is InChI=1S/C14H24N2O6S/c1-14(2,3)10(18)6-15-12(20)8(7-23)16-11(19)5-4-9(17)13(21)22/h8-9,17,23H,4-7H2,1-3H3,(H,15,20)(H,16,19)(H,21,22). The summed E-state index contributed by atoms with van der Waals surface area (Å²) in [6.45, 7) is 5.04. The number of amides is 2. The van der Waals surface area contributed by atoms with Gasteiger partial charge in [0.15, 0.2) is 11.9 Å². The number of ketones is 1. The summed E-state index contributed by atoms with van der Waals surface area (Å²) in [6, 6.07) is -0.944. The van der Waals surface area contributed by atoms with Crippen LogP contribution in [0.1, 0.15) is 33.6 Å². The molecule has 0 spiro atoms. The van der Waals surface area contributed by atoms with E-state index in [0.29, 0.717) is 0 Å². The molecule has 2 unspecified atom stereocenters. The number of thiol groups is 1. The Hall–Kier alpha value is -1.61. The fourth-order valence-electron chi connectivity index (χ4n) is 1.41. The number of carbonyl (C=O) groups is 4. The Balaban J connectivity index is 4.37. The van der Waals surface area contributed by atoms with Crippen molar-refractivity contribution >= 4 is 36.2 Å². The molecule has 0 saturated carbocycles. The lowest BCUT2D eigenvalue weighted by atomic mass is 9.91. The Kier molecular flexibility index (Phi) is 8.85. The molecule has 9 heteroatoms. The quantitative estimate of drug-likeness (QED) is 0.352. The molecular formula is C14H24N2O6S. The van der Waals surface area contributed by atoms with Crippen LogP contribution in [0.4, 0.5) is 0 Å². The lowest BCUT2D eigenvalue weighted by molar-refractivity contribution is -0.147. The van der Waals surface area contributed by atoms with Crippen molar-refractivity contribution in [3.8, 4) is 0 Å². The smallest absolute Gasteiger partial charge is 0.332 e. The number of aliphatic hydroxyl groups is 1. The normalized spacial score (nSPS) is 13.8. The van der Waals surface area contributed by atoms with E-state index in [1.54, 1.807) is 20.8 Å². The van der Waals surface area contributed by atoms with Crippen LogP contribution in [-0.2, 0) is 19.2 Å². The van der Waals surface area contributed by atoms with E-state index < -0.39 is 35.3 Å². The first kappa shape index (κ1) is 21.4. The molecule has 0 aromatic rings. The Bertz CT molecular complexity index is 461. The van der Waals surface area contributed by atoms with Crippen molar-refractivity contribution in [3.05, 3.63) is 0 Å². The SMILES string of the molecule is CC(C)(C)C(=O)CNC(=O)C(CS)NC(=O)CCC(O)C(=O)O. The monoisotopic (exact) mass is 348 g/mol. The zero-order chi connectivity index (χ0) is 18.2. The van der Waals surface area contributed by atoms with Crippen LogP contribution in [0.2, 0.25) is 0 Å². The van der Waals surface area contributed by atoms with Crippen LogP contribution in [0.25, 0.3) is 0 Å². The van der Waals surface area contributed by atoms with Gasteiger partial charge in [0, 0.05) is 17.6 Å². The first-order valence-electron chi connectivity index (χ1n) is 7.11. The maximum Gasteiger partial charge on any atom is 0.332 e. The zero-order valence-electron chi connectivity index (χ0n) is 13.5. The first-order chi connectivity index (χ1) is 10.5. The molecule has 0 fully saturated rings. The maximum atomic E-state index is 11.9. The maximum absolute atomic E-state index is 11.9. The Morgan fingerprint density at radius 1 is 1.17 bits per heavy atom. The fourth-order valence-corrected chi connectivity index (χ4v) is 1.66. The Labute approximate surface area is 140 Å². The highest BCUT2D eigenvalue weighted by atomic mass is 32.1. The molecule has 0 aliphatic rings. The minimum atomic E-state index is -1.63. The third kappa shape index (κ3) is 8.56. The summed E-state index contributed by atoms with van der Waals surface area (Å²) in [6.07, 6.45) is -2.13. The lowest BCUT2D eigenvalue weighted by Gasteiger charge is -2.19. The van der Waals surface area contributed by atoms with Gasteiger partial charge in [-0.25, -0.2) is 4.79 Å². The molecule has 0 aliphatic heterocycles. The van der Waals surface area contributed by atoms with Gasteiger partial charge in [-0.2, -0.15) is 12.6 Å². The van der Waals surface area contributed by atoms with E-state index in [0.717, 1.165) is 0 Å². The molecule has 0 bridgehead atoms. The number of aliphatic carboxylic acids is 1. The van der Waals surface area contributed by atoms with Crippen molar-refractivity contribution in [3.63, 3.8) is 0 Å². The minimum Gasteiger partial charge on any atom is -0.479 e. The van der Waals surface area contributed by atoms with Crippen molar-refractivity contribution in [2.75, 3.05) is 12.3 Å². The van der Waals surface area contributed by atoms with Crippen LogP contribution in [0.5, 0.6) is 0 Å². The predicted octanol–water partition coefficient (Wildman–Crippen LogP) is -0.642. The average Bonchev–Trinajstić information content (AvgIpc) is 2.45. The van der Waals surface area contributed by atoms with E-state index in [-0.39, 0.29) is 30.9 Å². The lowest BCUT2D eigenvalue weighted by Crippen LogP contribution is -2.49. The van der Waals surface area contributed by atoms with Crippen molar-refractivity contribution in [1.82, 2.24) is 10.6 Å². The van der Waals surface area contributed by atoms with Crippen molar-refractivity contribution in [2.45, 2.75) is 45.8 Å². The van der Waals surface area contributed by atoms with Crippen molar-refractivity contribution in [1.29, 1.82) is 0 Å². The summed E-state index contributed by atoms with van der Waals surface area (Å²) in [5.41, 5.74) is -0.583. The molecule has 0 aliphatic carbocycles. The number of aliphatic hydroxyl groups excluding tert-OH is 1. The molecule has 0 saturated heterocycles. The van der Waals surface area contributed by atoms with Gasteiger partial charge in [-0.3, -0.25) is 14.4 Å². The number of carboxylic acid groups (broad SMARTS) is 1. The van der Waals surface area contributed by atoms with Gasteiger partial charge in [-0.1, -0.05) is 20.8 Å². The van der Waals surface area contributed by atoms with Crippen LogP contribution in [-0.4, -0.2) is 58.2 Å². The third-order valence-corrected chi connectivity index (χ3v) is 3.39. The third-order valence-electron chi connectivity index (χ3n) is 3.02. The number of rotatable bonds is 9. The number of hydrogen-bond acceptors (Lipinski definition) is 6. The van der Waals surface area contributed by atoms with E-state index >= 15 is 0 Å². The van der Waals surface area contributed by atoms with Crippen LogP contribution < -0.4 is 10.6 Å². The van der Waals surface area contributed by atoms with E-state index in [9.17, 15) is 19.2 Å². The number of hydrogen-bond donors (Lipinski definition) is 5. The van der Waals surface area contributed by atoms with Gasteiger partial charge in [-0.05, 0) is 6.42 Å². The number of Topliss-reactive ketones (excluding diaryl/α,β-unsaturated/α-hetero) is 1. The van der Waals surface area contributed by atoms with Crippen molar-refractivity contribution < 1.29 is 29.4 Å². The summed E-state index contributed by atoms with van der Waals surface area (Å²) >= 11 is 3.97. The second-order valence-corrected chi connectivity index (χ2v) is 6.45. The van der Waals surface area contributed by atoms with E-state index in [2.05, 4.69) is 23.3 Å². The number of nitrogens with one attached hydrogen (secondary N) is 2. The summed E-state index contributed by atoms with van der Waals surface area (Å²) in [7, 11) is 0. The van der Waals surface area contributed by atoms with E-state index in [4.69, 9.17) is 10.2 Å². The zero-order valence-corrected chi connectivity index (χ0v) is 14.4. The van der Waals surface area contributed by atoms with E-state index in [1.165, 1.54) is 0 Å². The molecule has 2 atom stereocenters. The first-order valence-corrected chi connectivity index (χ1v) is 7.74. The van der Waals surface area contributed by atoms with Crippen LogP contribution in [0, 0.1) is 5.41 Å². The molecule has 0 rings (SSSR count). The van der Waals surface area contributed by atoms with Gasteiger partial charge in [0.2, 0.25) is 11.8 Å². The average molecular weight is 348 g/mol. The Morgan fingerprint density at radius 2 is 1.74 bits per heavy atom. The molecule has 2 amide bonds. The van der Waals surface area contributed by atoms with Gasteiger partial charge in [-0.15, -0.1) is 0 Å². The van der Waals surface area contributed by atoms with Gasteiger partial charge < -0.3 is 20.8 Å². The topological polar surface area (TPSA) is 133 Å². The van der Waals surface area contributed by atoms with Gasteiger partial charge in [0.1, 0.15) is 6.04 Å². The van der Waals surface area contributed by atoms with Crippen molar-refractivity contribution in [2.24, 2.45) is 5.41 Å². The molecular weight excluding hydrogens is 324 g/mol. The Morgan fingerprint density at radius 3 is 2.17 bits per heavy atom. The summed E-state index contributed by atoms with van der Waals surface area (Å²) in [4.78, 5) is 45.7. The highest BCUT2D eigenvalue weighted by Crippen LogP contribution is 2.13. The molecule has 23 heavy (non-hydrogen) atoms. The highest BCUT2D eigenvalue weighted by molar-refractivity contribution is 7.80. The molecule has 0 aromatic heterocycles. The number of carboxylic acids is 1. The molecule has 8 nitrogen and oxygen atoms in total. The highest BCUT2D eigenvalue weighted by Gasteiger charge is 2.24. The molecule has 0 radical (unpaired) electrons. The fraction of sp³-hybridized carbons (Fsp3) is 0.714. The van der Waals surface area contributed by atoms with E-state index in [1.807, 2.05) is 0 Å². The van der Waals surface area contributed by atoms with Crippen LogP contribution in [0.3, 0.4) is 0 Å². The van der Waals surface area contributed by atoms with Crippen LogP contribution >= 0.6 is 12.6 Å². The second kappa shape index (κ2) is 9.51. The molecule has 0 aromatic carbocycles.